The predicted molar refractivity (Wildman–Crippen MR) is 109 cm³/mol. The zero-order chi connectivity index (χ0) is 20.5. The number of aliphatic hydroxyl groups is 3. The highest BCUT2D eigenvalue weighted by atomic mass is 35.5. The third-order valence-corrected chi connectivity index (χ3v) is 5.50. The summed E-state index contributed by atoms with van der Waals surface area (Å²) in [7, 11) is 0. The van der Waals surface area contributed by atoms with Gasteiger partial charge in [-0.25, -0.2) is 4.98 Å². The topological polar surface area (TPSA) is 142 Å². The van der Waals surface area contributed by atoms with E-state index in [1.54, 1.807) is 4.57 Å². The van der Waals surface area contributed by atoms with E-state index >= 15 is 0 Å². The van der Waals surface area contributed by atoms with Gasteiger partial charge in [-0.05, 0) is 30.0 Å². The van der Waals surface area contributed by atoms with Crippen LogP contribution in [0, 0.1) is 0 Å². The number of anilines is 1. The number of aliphatic hydroxyl groups excluding tert-OH is 3. The second kappa shape index (κ2) is 8.21. The third-order valence-electron chi connectivity index (χ3n) is 5.33. The number of hydrogen-bond donors (Lipinski definition) is 5. The summed E-state index contributed by atoms with van der Waals surface area (Å²) in [5, 5.41) is 33.4. The van der Waals surface area contributed by atoms with E-state index in [9.17, 15) is 15.3 Å². The summed E-state index contributed by atoms with van der Waals surface area (Å²) in [6, 6.07) is 8.48. The van der Waals surface area contributed by atoms with Gasteiger partial charge in [0, 0.05) is 6.04 Å². The third kappa shape index (κ3) is 3.92. The van der Waals surface area contributed by atoms with Crippen LogP contribution in [0.5, 0.6) is 0 Å². The lowest BCUT2D eigenvalue weighted by Gasteiger charge is -2.19. The molecule has 0 bridgehead atoms. The van der Waals surface area contributed by atoms with Gasteiger partial charge < -0.3 is 30.9 Å². The molecule has 1 aliphatic carbocycles. The van der Waals surface area contributed by atoms with Crippen molar-refractivity contribution in [1.29, 1.82) is 0 Å². The Kier molecular flexibility index (Phi) is 5.66. The van der Waals surface area contributed by atoms with Crippen LogP contribution in [0.1, 0.15) is 18.0 Å². The molecule has 0 spiro atoms. The Hall–Kier alpha value is -2.30. The largest absolute Gasteiger partial charge is 0.394 e. The molecule has 10 heteroatoms. The van der Waals surface area contributed by atoms with Crippen molar-refractivity contribution >= 4 is 28.6 Å². The normalized spacial score (nSPS) is 25.4. The van der Waals surface area contributed by atoms with Gasteiger partial charge in [0.15, 0.2) is 17.0 Å². The van der Waals surface area contributed by atoms with Crippen LogP contribution in [0.2, 0.25) is 5.28 Å². The van der Waals surface area contributed by atoms with Crippen molar-refractivity contribution in [3.63, 3.8) is 0 Å². The summed E-state index contributed by atoms with van der Waals surface area (Å²) in [4.78, 5) is 12.9. The van der Waals surface area contributed by atoms with Gasteiger partial charge >= 0.3 is 0 Å². The van der Waals surface area contributed by atoms with E-state index in [-0.39, 0.29) is 17.9 Å². The van der Waals surface area contributed by atoms with Crippen LogP contribution in [0.3, 0.4) is 0 Å². The van der Waals surface area contributed by atoms with Gasteiger partial charge in [-0.2, -0.15) is 9.97 Å². The number of fused-ring (bicyclic) bond motifs is 1. The highest BCUT2D eigenvalue weighted by Gasteiger charge is 2.41. The Bertz CT molecular complexity index is 985. The first-order valence-electron chi connectivity index (χ1n) is 9.41. The second-order valence-electron chi connectivity index (χ2n) is 7.33. The van der Waals surface area contributed by atoms with Crippen LogP contribution in [0.15, 0.2) is 36.7 Å². The highest BCUT2D eigenvalue weighted by molar-refractivity contribution is 6.28. The number of aromatic nitrogens is 4. The summed E-state index contributed by atoms with van der Waals surface area (Å²) in [6.07, 6.45) is 0.451. The minimum atomic E-state index is -1.03. The van der Waals surface area contributed by atoms with E-state index in [4.69, 9.17) is 17.3 Å². The number of nitrogens with zero attached hydrogens (tertiary/aromatic N) is 4. The minimum absolute atomic E-state index is 0.00971. The van der Waals surface area contributed by atoms with Crippen molar-refractivity contribution in [2.24, 2.45) is 5.73 Å². The Labute approximate surface area is 172 Å². The summed E-state index contributed by atoms with van der Waals surface area (Å²) < 4.78 is 1.67. The Morgan fingerprint density at radius 1 is 1.21 bits per heavy atom. The van der Waals surface area contributed by atoms with E-state index < -0.39 is 24.3 Å². The zero-order valence-electron chi connectivity index (χ0n) is 15.6. The second-order valence-corrected chi connectivity index (χ2v) is 7.67. The fourth-order valence-corrected chi connectivity index (χ4v) is 3.97. The van der Waals surface area contributed by atoms with Crippen molar-refractivity contribution in [3.05, 3.63) is 47.5 Å². The minimum Gasteiger partial charge on any atom is -0.394 e. The fourth-order valence-electron chi connectivity index (χ4n) is 3.80. The summed E-state index contributed by atoms with van der Waals surface area (Å²) >= 11 is 6.14. The monoisotopic (exact) mass is 418 g/mol. The molecule has 0 radical (unpaired) electrons. The molecular weight excluding hydrogens is 396 g/mol. The lowest BCUT2D eigenvalue weighted by molar-refractivity contribution is 0.0187. The van der Waals surface area contributed by atoms with Crippen LogP contribution >= 0.6 is 11.6 Å². The van der Waals surface area contributed by atoms with E-state index in [0.717, 1.165) is 5.56 Å². The van der Waals surface area contributed by atoms with Gasteiger partial charge in [0.25, 0.3) is 0 Å². The molecule has 1 aliphatic rings. The van der Waals surface area contributed by atoms with Crippen molar-refractivity contribution in [2.45, 2.75) is 43.2 Å². The number of nitrogens with two attached hydrogens (primary N) is 1. The maximum Gasteiger partial charge on any atom is 0.226 e. The lowest BCUT2D eigenvalue weighted by Crippen LogP contribution is -2.35. The average molecular weight is 419 g/mol. The quantitative estimate of drug-likeness (QED) is 0.364. The van der Waals surface area contributed by atoms with E-state index in [0.29, 0.717) is 29.8 Å². The standard InChI is InChI=1S/C19H23ClN6O3/c20-19-24-17(23-11(8-27)6-10-4-2-1-3-5-10)14-18(25-19)26(9-22-14)13-7-12(21)15(28)16(13)29/h1-5,9,11-13,15-16,27-29H,6-8,21H2,(H,23,24,25). The highest BCUT2D eigenvalue weighted by Crippen LogP contribution is 2.33. The molecule has 3 aromatic rings. The smallest absolute Gasteiger partial charge is 0.226 e. The summed E-state index contributed by atoms with van der Waals surface area (Å²) in [5.74, 6) is 0.395. The Morgan fingerprint density at radius 2 is 1.97 bits per heavy atom. The van der Waals surface area contributed by atoms with Gasteiger partial charge in [-0.1, -0.05) is 30.3 Å². The Morgan fingerprint density at radius 3 is 2.62 bits per heavy atom. The summed E-state index contributed by atoms with van der Waals surface area (Å²) in [6.45, 7) is -0.110. The molecule has 2 aromatic heterocycles. The van der Waals surface area contributed by atoms with Crippen LogP contribution < -0.4 is 11.1 Å². The molecule has 0 aliphatic heterocycles. The van der Waals surface area contributed by atoms with Gasteiger partial charge in [0.05, 0.1) is 31.1 Å². The lowest BCUT2D eigenvalue weighted by atomic mass is 10.1. The zero-order valence-corrected chi connectivity index (χ0v) is 16.3. The van der Waals surface area contributed by atoms with Crippen molar-refractivity contribution in [1.82, 2.24) is 19.5 Å². The van der Waals surface area contributed by atoms with E-state index in [2.05, 4.69) is 20.3 Å². The molecule has 6 N–H and O–H groups in total. The van der Waals surface area contributed by atoms with Crippen LogP contribution in [-0.4, -0.2) is 65.7 Å². The van der Waals surface area contributed by atoms with E-state index in [1.807, 2.05) is 30.3 Å². The van der Waals surface area contributed by atoms with Crippen molar-refractivity contribution < 1.29 is 15.3 Å². The summed E-state index contributed by atoms with van der Waals surface area (Å²) in [5.41, 5.74) is 7.84. The molecule has 4 rings (SSSR count). The molecule has 5 unspecified atom stereocenters. The van der Waals surface area contributed by atoms with Crippen LogP contribution in [0.25, 0.3) is 11.2 Å². The number of nitrogens with one attached hydrogen (secondary N) is 1. The van der Waals surface area contributed by atoms with Crippen molar-refractivity contribution in [3.8, 4) is 0 Å². The molecule has 29 heavy (non-hydrogen) atoms. The van der Waals surface area contributed by atoms with Gasteiger partial charge in [0.1, 0.15) is 6.10 Å². The predicted octanol–water partition coefficient (Wildman–Crippen LogP) is 0.489. The fraction of sp³-hybridized carbons (Fsp3) is 0.421. The van der Waals surface area contributed by atoms with Gasteiger partial charge in [0.2, 0.25) is 5.28 Å². The van der Waals surface area contributed by atoms with Gasteiger partial charge in [-0.3, -0.25) is 0 Å². The maximum absolute atomic E-state index is 10.3. The molecule has 2 heterocycles. The first-order valence-corrected chi connectivity index (χ1v) is 9.79. The number of hydrogen-bond acceptors (Lipinski definition) is 8. The SMILES string of the molecule is NC1CC(n2cnc3c(NC(CO)Cc4ccccc4)nc(Cl)nc32)C(O)C1O. The molecule has 1 aromatic carbocycles. The number of rotatable bonds is 6. The molecule has 5 atom stereocenters. The van der Waals surface area contributed by atoms with Gasteiger partial charge in [-0.15, -0.1) is 0 Å². The first kappa shape index (κ1) is 20.0. The maximum atomic E-state index is 10.3. The Balaban J connectivity index is 1.64. The molecule has 9 nitrogen and oxygen atoms in total. The molecule has 154 valence electrons. The van der Waals surface area contributed by atoms with Crippen LogP contribution in [-0.2, 0) is 6.42 Å². The molecule has 1 fully saturated rings. The number of benzene rings is 1. The number of halogens is 1. The first-order chi connectivity index (χ1) is 14.0. The molecule has 1 saturated carbocycles. The van der Waals surface area contributed by atoms with E-state index in [1.165, 1.54) is 6.33 Å². The van der Waals surface area contributed by atoms with Crippen LogP contribution in [0.4, 0.5) is 5.82 Å². The molecular formula is C19H23ClN6O3. The van der Waals surface area contributed by atoms with Crippen molar-refractivity contribution in [2.75, 3.05) is 11.9 Å². The average Bonchev–Trinajstić information content (AvgIpc) is 3.24. The molecule has 0 amide bonds. The number of imidazole rings is 1. The molecule has 0 saturated heterocycles.